The van der Waals surface area contributed by atoms with Crippen LogP contribution in [-0.2, 0) is 14.3 Å². The van der Waals surface area contributed by atoms with Gasteiger partial charge in [0.2, 0.25) is 11.8 Å². The van der Waals surface area contributed by atoms with E-state index >= 15 is 0 Å². The lowest BCUT2D eigenvalue weighted by atomic mass is 10.1. The monoisotopic (exact) mass is 348 g/mol. The molecule has 0 heterocycles. The fourth-order valence-corrected chi connectivity index (χ4v) is 2.01. The van der Waals surface area contributed by atoms with Crippen LogP contribution < -0.4 is 10.6 Å². The largest absolute Gasteiger partial charge is 0.465 e. The SMILES string of the molecule is COC(=O)c1ccccc1NC(=O)CC(=O)Nc1ccc(F)cc1F. The van der Waals surface area contributed by atoms with E-state index in [1.807, 2.05) is 0 Å². The van der Waals surface area contributed by atoms with Gasteiger partial charge in [-0.2, -0.15) is 0 Å². The first-order chi connectivity index (χ1) is 11.9. The van der Waals surface area contributed by atoms with Gasteiger partial charge in [-0.3, -0.25) is 9.59 Å². The molecule has 0 aliphatic carbocycles. The van der Waals surface area contributed by atoms with E-state index in [0.29, 0.717) is 6.07 Å². The van der Waals surface area contributed by atoms with Crippen LogP contribution in [0, 0.1) is 11.6 Å². The quantitative estimate of drug-likeness (QED) is 0.643. The summed E-state index contributed by atoms with van der Waals surface area (Å²) >= 11 is 0. The first kappa shape index (κ1) is 18.1. The molecule has 2 aromatic rings. The molecule has 2 aromatic carbocycles. The predicted molar refractivity (Wildman–Crippen MR) is 86.0 cm³/mol. The average Bonchev–Trinajstić information content (AvgIpc) is 2.57. The topological polar surface area (TPSA) is 84.5 Å². The molecule has 25 heavy (non-hydrogen) atoms. The van der Waals surface area contributed by atoms with Gasteiger partial charge in [-0.05, 0) is 24.3 Å². The molecule has 0 atom stereocenters. The van der Waals surface area contributed by atoms with Crippen molar-refractivity contribution in [2.45, 2.75) is 6.42 Å². The molecule has 0 saturated carbocycles. The number of para-hydroxylation sites is 1. The average molecular weight is 348 g/mol. The van der Waals surface area contributed by atoms with Gasteiger partial charge in [-0.15, -0.1) is 0 Å². The van der Waals surface area contributed by atoms with Crippen molar-refractivity contribution in [1.82, 2.24) is 0 Å². The fourth-order valence-electron chi connectivity index (χ4n) is 2.01. The number of carbonyl (C=O) groups excluding carboxylic acids is 3. The minimum Gasteiger partial charge on any atom is -0.465 e. The fraction of sp³-hybridized carbons (Fsp3) is 0.118. The Balaban J connectivity index is 2.01. The second kappa shape index (κ2) is 8.00. The lowest BCUT2D eigenvalue weighted by molar-refractivity contribution is -0.123. The molecule has 2 amide bonds. The summed E-state index contributed by atoms with van der Waals surface area (Å²) in [6.07, 6.45) is -0.619. The maximum atomic E-state index is 13.5. The number of esters is 1. The Kier molecular flexibility index (Phi) is 5.78. The van der Waals surface area contributed by atoms with Gasteiger partial charge in [0.1, 0.15) is 18.1 Å². The standard InChI is InChI=1S/C17H14F2N2O4/c1-25-17(24)11-4-2-3-5-13(11)20-15(22)9-16(23)21-14-7-6-10(18)8-12(14)19/h2-8H,9H2,1H3,(H,20,22)(H,21,23). The highest BCUT2D eigenvalue weighted by Crippen LogP contribution is 2.17. The molecule has 0 unspecified atom stereocenters. The number of hydrogen-bond donors (Lipinski definition) is 2. The molecule has 0 saturated heterocycles. The summed E-state index contributed by atoms with van der Waals surface area (Å²) in [5.74, 6) is -3.89. The molecule has 6 nitrogen and oxygen atoms in total. The first-order valence-corrected chi connectivity index (χ1v) is 7.13. The number of anilines is 2. The molecule has 8 heteroatoms. The summed E-state index contributed by atoms with van der Waals surface area (Å²) in [6.45, 7) is 0. The van der Waals surface area contributed by atoms with Crippen LogP contribution in [0.3, 0.4) is 0 Å². The van der Waals surface area contributed by atoms with Crippen molar-refractivity contribution < 1.29 is 27.9 Å². The number of hydrogen-bond acceptors (Lipinski definition) is 4. The molecule has 2 rings (SSSR count). The van der Waals surface area contributed by atoms with Crippen LogP contribution in [0.15, 0.2) is 42.5 Å². The molecule has 0 aliphatic rings. The Morgan fingerprint density at radius 2 is 1.60 bits per heavy atom. The van der Waals surface area contributed by atoms with Gasteiger partial charge in [0.05, 0.1) is 24.0 Å². The van der Waals surface area contributed by atoms with E-state index in [9.17, 15) is 23.2 Å². The molecule has 0 spiro atoms. The van der Waals surface area contributed by atoms with Crippen molar-refractivity contribution in [2.24, 2.45) is 0 Å². The molecule has 0 radical (unpaired) electrons. The normalized spacial score (nSPS) is 10.0. The van der Waals surface area contributed by atoms with Crippen LogP contribution >= 0.6 is 0 Å². The Labute approximate surface area is 141 Å². The number of halogens is 2. The van der Waals surface area contributed by atoms with Crippen LogP contribution in [0.2, 0.25) is 0 Å². The highest BCUT2D eigenvalue weighted by Gasteiger charge is 2.16. The van der Waals surface area contributed by atoms with Crippen molar-refractivity contribution in [2.75, 3.05) is 17.7 Å². The van der Waals surface area contributed by atoms with Crippen molar-refractivity contribution in [3.05, 3.63) is 59.7 Å². The third-order valence-electron chi connectivity index (χ3n) is 3.13. The van der Waals surface area contributed by atoms with E-state index in [1.165, 1.54) is 19.2 Å². The van der Waals surface area contributed by atoms with E-state index in [0.717, 1.165) is 12.1 Å². The lowest BCUT2D eigenvalue weighted by Gasteiger charge is -2.10. The second-order valence-corrected chi connectivity index (χ2v) is 4.93. The van der Waals surface area contributed by atoms with Crippen LogP contribution in [0.25, 0.3) is 0 Å². The highest BCUT2D eigenvalue weighted by molar-refractivity contribution is 6.10. The lowest BCUT2D eigenvalue weighted by Crippen LogP contribution is -2.22. The van der Waals surface area contributed by atoms with E-state index < -0.39 is 35.8 Å². The van der Waals surface area contributed by atoms with Crippen molar-refractivity contribution in [1.29, 1.82) is 0 Å². The Hall–Kier alpha value is -3.29. The number of methoxy groups -OCH3 is 1. The van der Waals surface area contributed by atoms with Gasteiger partial charge in [-0.25, -0.2) is 13.6 Å². The van der Waals surface area contributed by atoms with Crippen molar-refractivity contribution in [3.8, 4) is 0 Å². The number of nitrogens with one attached hydrogen (secondary N) is 2. The third-order valence-corrected chi connectivity index (χ3v) is 3.13. The smallest absolute Gasteiger partial charge is 0.339 e. The van der Waals surface area contributed by atoms with Crippen LogP contribution in [0.5, 0.6) is 0 Å². The summed E-state index contributed by atoms with van der Waals surface area (Å²) < 4.78 is 30.9. The summed E-state index contributed by atoms with van der Waals surface area (Å²) in [5.41, 5.74) is 0.0672. The molecular weight excluding hydrogens is 334 g/mol. The molecule has 0 fully saturated rings. The zero-order chi connectivity index (χ0) is 18.4. The number of ether oxygens (including phenoxy) is 1. The maximum Gasteiger partial charge on any atom is 0.339 e. The van der Waals surface area contributed by atoms with Gasteiger partial charge < -0.3 is 15.4 Å². The number of carbonyl (C=O) groups is 3. The first-order valence-electron chi connectivity index (χ1n) is 7.13. The Morgan fingerprint density at radius 1 is 0.960 bits per heavy atom. The van der Waals surface area contributed by atoms with Gasteiger partial charge in [0.15, 0.2) is 0 Å². The minimum absolute atomic E-state index is 0.128. The van der Waals surface area contributed by atoms with Crippen LogP contribution in [0.4, 0.5) is 20.2 Å². The zero-order valence-electron chi connectivity index (χ0n) is 13.1. The molecule has 0 bridgehead atoms. The van der Waals surface area contributed by atoms with E-state index in [4.69, 9.17) is 0 Å². The second-order valence-electron chi connectivity index (χ2n) is 4.93. The number of benzene rings is 2. The molecule has 0 aliphatic heterocycles. The summed E-state index contributed by atoms with van der Waals surface area (Å²) in [6, 6.07) is 8.75. The van der Waals surface area contributed by atoms with E-state index in [-0.39, 0.29) is 16.9 Å². The predicted octanol–water partition coefficient (Wildman–Crippen LogP) is 2.72. The third kappa shape index (κ3) is 4.84. The van der Waals surface area contributed by atoms with Crippen molar-refractivity contribution in [3.63, 3.8) is 0 Å². The Morgan fingerprint density at radius 3 is 2.24 bits per heavy atom. The van der Waals surface area contributed by atoms with Crippen LogP contribution in [-0.4, -0.2) is 24.9 Å². The minimum atomic E-state index is -0.954. The van der Waals surface area contributed by atoms with Crippen molar-refractivity contribution >= 4 is 29.2 Å². The summed E-state index contributed by atoms with van der Waals surface area (Å²) in [4.78, 5) is 35.4. The van der Waals surface area contributed by atoms with Gasteiger partial charge >= 0.3 is 5.97 Å². The van der Waals surface area contributed by atoms with Gasteiger partial charge in [-0.1, -0.05) is 12.1 Å². The Bertz CT molecular complexity index is 824. The summed E-state index contributed by atoms with van der Waals surface area (Å²) in [7, 11) is 1.20. The van der Waals surface area contributed by atoms with Gasteiger partial charge in [0, 0.05) is 6.07 Å². The summed E-state index contributed by atoms with van der Waals surface area (Å²) in [5, 5.41) is 4.58. The van der Waals surface area contributed by atoms with Gasteiger partial charge in [0.25, 0.3) is 0 Å². The zero-order valence-corrected chi connectivity index (χ0v) is 13.1. The molecule has 2 N–H and O–H groups in total. The highest BCUT2D eigenvalue weighted by atomic mass is 19.1. The maximum absolute atomic E-state index is 13.5. The van der Waals surface area contributed by atoms with E-state index in [1.54, 1.807) is 12.1 Å². The molecule has 0 aromatic heterocycles. The molecule has 130 valence electrons. The van der Waals surface area contributed by atoms with Crippen LogP contribution in [0.1, 0.15) is 16.8 Å². The van der Waals surface area contributed by atoms with E-state index in [2.05, 4.69) is 15.4 Å². The molecular formula is C17H14F2N2O4. The number of amides is 2. The number of rotatable bonds is 5.